The van der Waals surface area contributed by atoms with Gasteiger partial charge in [0.2, 0.25) is 0 Å². The third kappa shape index (κ3) is 4.01. The maximum atomic E-state index is 12.6. The maximum Gasteiger partial charge on any atom is 0.319 e. The van der Waals surface area contributed by atoms with Crippen LogP contribution in [0.5, 0.6) is 0 Å². The highest BCUT2D eigenvalue weighted by Gasteiger charge is 2.39. The minimum absolute atomic E-state index is 0.186. The number of likely N-dealkylation sites (tertiary alicyclic amines) is 2. The quantitative estimate of drug-likeness (QED) is 0.813. The van der Waals surface area contributed by atoms with Gasteiger partial charge in [-0.25, -0.2) is 4.79 Å². The molecule has 3 saturated heterocycles. The van der Waals surface area contributed by atoms with Crippen molar-refractivity contribution in [2.45, 2.75) is 32.2 Å². The highest BCUT2D eigenvalue weighted by molar-refractivity contribution is 5.74. The molecule has 0 aliphatic carbocycles. The second kappa shape index (κ2) is 7.92. The number of pyridine rings is 1. The first kappa shape index (κ1) is 17.7. The van der Waals surface area contributed by atoms with Crippen LogP contribution >= 0.6 is 0 Å². The Morgan fingerprint density at radius 1 is 1.04 bits per heavy atom. The zero-order chi connectivity index (χ0) is 17.8. The van der Waals surface area contributed by atoms with Crippen molar-refractivity contribution in [3.63, 3.8) is 0 Å². The molecule has 6 nitrogen and oxygen atoms in total. The molecular weight excluding hydrogens is 328 g/mol. The number of hydrogen-bond acceptors (Lipinski definition) is 4. The van der Waals surface area contributed by atoms with Crippen LogP contribution in [0.2, 0.25) is 0 Å². The van der Waals surface area contributed by atoms with Crippen LogP contribution in [0.1, 0.15) is 31.2 Å². The molecule has 2 amide bonds. The summed E-state index contributed by atoms with van der Waals surface area (Å²) in [5.74, 6) is 0. The minimum Gasteiger partial charge on any atom is -0.379 e. The molecule has 4 rings (SSSR count). The molecule has 26 heavy (non-hydrogen) atoms. The largest absolute Gasteiger partial charge is 0.379 e. The van der Waals surface area contributed by atoms with Crippen LogP contribution in [-0.4, -0.2) is 78.2 Å². The Hall–Kier alpha value is -1.66. The molecule has 0 N–H and O–H groups in total. The van der Waals surface area contributed by atoms with E-state index in [0.717, 1.165) is 84.7 Å². The van der Waals surface area contributed by atoms with Gasteiger partial charge in [0.15, 0.2) is 0 Å². The summed E-state index contributed by atoms with van der Waals surface area (Å²) in [5, 5.41) is 0. The lowest BCUT2D eigenvalue weighted by Crippen LogP contribution is -2.51. The average Bonchev–Trinajstić information content (AvgIpc) is 3.14. The number of amides is 2. The summed E-state index contributed by atoms with van der Waals surface area (Å²) in [4.78, 5) is 23.4. The molecule has 0 atom stereocenters. The van der Waals surface area contributed by atoms with Gasteiger partial charge >= 0.3 is 6.03 Å². The Labute approximate surface area is 156 Å². The predicted octanol–water partition coefficient (Wildman–Crippen LogP) is 2.21. The van der Waals surface area contributed by atoms with E-state index in [1.54, 1.807) is 0 Å². The average molecular weight is 358 g/mol. The number of urea groups is 1. The van der Waals surface area contributed by atoms with E-state index in [9.17, 15) is 4.79 Å². The molecule has 1 aromatic rings. The van der Waals surface area contributed by atoms with E-state index in [0.29, 0.717) is 0 Å². The van der Waals surface area contributed by atoms with Gasteiger partial charge in [-0.1, -0.05) is 0 Å². The van der Waals surface area contributed by atoms with Gasteiger partial charge in [0.1, 0.15) is 0 Å². The lowest BCUT2D eigenvalue weighted by Gasteiger charge is -2.43. The van der Waals surface area contributed by atoms with Crippen molar-refractivity contribution in [2.24, 2.45) is 5.41 Å². The number of hydrogen-bond donors (Lipinski definition) is 0. The molecule has 0 saturated carbocycles. The SMILES string of the molecule is O=C(N1CCCC1)N1CCC2(CC1)COCCN(Cc1ccncc1)C2. The number of ether oxygens (including phenoxy) is 1. The zero-order valence-electron chi connectivity index (χ0n) is 15.6. The van der Waals surface area contributed by atoms with Crippen molar-refractivity contribution in [3.8, 4) is 0 Å². The molecule has 4 heterocycles. The number of piperidine rings is 1. The van der Waals surface area contributed by atoms with Gasteiger partial charge in [-0.3, -0.25) is 9.88 Å². The molecule has 142 valence electrons. The van der Waals surface area contributed by atoms with Crippen LogP contribution < -0.4 is 0 Å². The number of rotatable bonds is 2. The van der Waals surface area contributed by atoms with E-state index in [2.05, 4.69) is 26.9 Å². The van der Waals surface area contributed by atoms with Crippen LogP contribution in [0.25, 0.3) is 0 Å². The summed E-state index contributed by atoms with van der Waals surface area (Å²) in [6.07, 6.45) is 8.12. The van der Waals surface area contributed by atoms with Gasteiger partial charge in [-0.15, -0.1) is 0 Å². The Kier molecular flexibility index (Phi) is 5.41. The van der Waals surface area contributed by atoms with Gasteiger partial charge in [0, 0.05) is 63.6 Å². The summed E-state index contributed by atoms with van der Waals surface area (Å²) in [6, 6.07) is 4.44. The Morgan fingerprint density at radius 3 is 2.46 bits per heavy atom. The first-order chi connectivity index (χ1) is 12.7. The standard InChI is InChI=1S/C20H30N4O2/c25-19(23-9-1-2-10-23)24-11-5-20(6-12-24)16-22(13-14-26-17-20)15-18-3-7-21-8-4-18/h3-4,7-8H,1-2,5-6,9-17H2. The third-order valence-corrected chi connectivity index (χ3v) is 6.15. The topological polar surface area (TPSA) is 48.9 Å². The molecule has 0 unspecified atom stereocenters. The van der Waals surface area contributed by atoms with Crippen LogP contribution in [-0.2, 0) is 11.3 Å². The summed E-state index contributed by atoms with van der Waals surface area (Å²) < 4.78 is 5.98. The molecule has 3 aliphatic rings. The monoisotopic (exact) mass is 358 g/mol. The van der Waals surface area contributed by atoms with Gasteiger partial charge < -0.3 is 14.5 Å². The Morgan fingerprint density at radius 2 is 1.73 bits per heavy atom. The number of nitrogens with zero attached hydrogens (tertiary/aromatic N) is 4. The summed E-state index contributed by atoms with van der Waals surface area (Å²) >= 11 is 0. The molecule has 1 spiro atoms. The first-order valence-corrected chi connectivity index (χ1v) is 9.97. The molecular formula is C20H30N4O2. The van der Waals surface area contributed by atoms with Crippen LogP contribution in [0.3, 0.4) is 0 Å². The van der Waals surface area contributed by atoms with Crippen molar-refractivity contribution in [3.05, 3.63) is 30.1 Å². The number of carbonyl (C=O) groups excluding carboxylic acids is 1. The normalized spacial score (nSPS) is 24.0. The van der Waals surface area contributed by atoms with Gasteiger partial charge in [-0.2, -0.15) is 0 Å². The summed E-state index contributed by atoms with van der Waals surface area (Å²) in [5.41, 5.74) is 1.49. The van der Waals surface area contributed by atoms with Crippen LogP contribution in [0.15, 0.2) is 24.5 Å². The van der Waals surface area contributed by atoms with Crippen LogP contribution in [0, 0.1) is 5.41 Å². The van der Waals surface area contributed by atoms with E-state index in [1.165, 1.54) is 5.56 Å². The summed E-state index contributed by atoms with van der Waals surface area (Å²) in [7, 11) is 0. The lowest BCUT2D eigenvalue weighted by molar-refractivity contribution is 0.0196. The van der Waals surface area contributed by atoms with E-state index in [1.807, 2.05) is 17.3 Å². The summed E-state index contributed by atoms with van der Waals surface area (Å²) in [6.45, 7) is 8.19. The smallest absolute Gasteiger partial charge is 0.319 e. The molecule has 0 radical (unpaired) electrons. The number of aromatic nitrogens is 1. The van der Waals surface area contributed by atoms with Gasteiger partial charge in [0.25, 0.3) is 0 Å². The van der Waals surface area contributed by atoms with Crippen molar-refractivity contribution >= 4 is 6.03 Å². The van der Waals surface area contributed by atoms with E-state index in [-0.39, 0.29) is 11.4 Å². The fourth-order valence-corrected chi connectivity index (χ4v) is 4.55. The second-order valence-corrected chi connectivity index (χ2v) is 8.08. The van der Waals surface area contributed by atoms with Crippen molar-refractivity contribution in [2.75, 3.05) is 52.5 Å². The molecule has 6 heteroatoms. The van der Waals surface area contributed by atoms with Gasteiger partial charge in [-0.05, 0) is 43.4 Å². The maximum absolute atomic E-state index is 12.6. The number of carbonyl (C=O) groups is 1. The Balaban J connectivity index is 1.36. The highest BCUT2D eigenvalue weighted by atomic mass is 16.5. The van der Waals surface area contributed by atoms with Gasteiger partial charge in [0.05, 0.1) is 13.2 Å². The molecule has 3 aliphatic heterocycles. The first-order valence-electron chi connectivity index (χ1n) is 9.97. The lowest BCUT2D eigenvalue weighted by atomic mass is 9.78. The predicted molar refractivity (Wildman–Crippen MR) is 99.8 cm³/mol. The molecule has 0 bridgehead atoms. The van der Waals surface area contributed by atoms with E-state index < -0.39 is 0 Å². The van der Waals surface area contributed by atoms with E-state index >= 15 is 0 Å². The molecule has 3 fully saturated rings. The second-order valence-electron chi connectivity index (χ2n) is 8.08. The third-order valence-electron chi connectivity index (χ3n) is 6.15. The van der Waals surface area contributed by atoms with Crippen molar-refractivity contribution in [1.29, 1.82) is 0 Å². The van der Waals surface area contributed by atoms with E-state index in [4.69, 9.17) is 4.74 Å². The molecule has 1 aromatic heterocycles. The Bertz CT molecular complexity index is 595. The van der Waals surface area contributed by atoms with Crippen molar-refractivity contribution < 1.29 is 9.53 Å². The zero-order valence-corrected chi connectivity index (χ0v) is 15.6. The van der Waals surface area contributed by atoms with Crippen LogP contribution in [0.4, 0.5) is 4.79 Å². The van der Waals surface area contributed by atoms with Crippen molar-refractivity contribution in [1.82, 2.24) is 19.7 Å². The fraction of sp³-hybridized carbons (Fsp3) is 0.700. The minimum atomic E-state index is 0.186. The fourth-order valence-electron chi connectivity index (χ4n) is 4.55. The molecule has 0 aromatic carbocycles. The highest BCUT2D eigenvalue weighted by Crippen LogP contribution is 2.35.